The molecule has 1 rings (SSSR count). The molecule has 0 aliphatic rings. The lowest BCUT2D eigenvalue weighted by Gasteiger charge is -2.14. The molecule has 5 heteroatoms. The minimum atomic E-state index is -0.334. The maximum absolute atomic E-state index is 11.6. The molecule has 0 spiro atoms. The summed E-state index contributed by atoms with van der Waals surface area (Å²) in [5.41, 5.74) is 1.68. The molecule has 0 aliphatic heterocycles. The van der Waals surface area contributed by atoms with Gasteiger partial charge >= 0.3 is 6.03 Å². The van der Waals surface area contributed by atoms with E-state index in [4.69, 9.17) is 9.84 Å². The number of carbonyl (C=O) groups excluding carboxylic acids is 1. The average molecular weight is 252 g/mol. The second-order valence-electron chi connectivity index (χ2n) is 4.19. The fraction of sp³-hybridized carbons (Fsp3) is 0.462. The van der Waals surface area contributed by atoms with Gasteiger partial charge in [0.25, 0.3) is 0 Å². The fourth-order valence-corrected chi connectivity index (χ4v) is 1.44. The number of aliphatic hydroxyl groups is 1. The van der Waals surface area contributed by atoms with E-state index >= 15 is 0 Å². The zero-order valence-electron chi connectivity index (χ0n) is 10.9. The van der Waals surface area contributed by atoms with Gasteiger partial charge in [-0.25, -0.2) is 4.79 Å². The molecule has 1 unspecified atom stereocenters. The van der Waals surface area contributed by atoms with Crippen LogP contribution in [0.15, 0.2) is 24.3 Å². The Labute approximate surface area is 107 Å². The summed E-state index contributed by atoms with van der Waals surface area (Å²) in [5.74, 6) is 0. The first-order valence-corrected chi connectivity index (χ1v) is 5.88. The highest BCUT2D eigenvalue weighted by Crippen LogP contribution is 2.19. The van der Waals surface area contributed by atoms with Crippen molar-refractivity contribution in [1.82, 2.24) is 5.32 Å². The second kappa shape index (κ2) is 6.98. The zero-order chi connectivity index (χ0) is 13.5. The standard InChI is InChI=1S/C13H20N2O3/c1-9(8-16)14-13(17)15-12-6-4-5-11(7-12)10(2)18-3/h4-7,9-10,16H,8H2,1-3H3,(H2,14,15,17)/t9-,10?/m0/s1. The smallest absolute Gasteiger partial charge is 0.319 e. The maximum atomic E-state index is 11.6. The van der Waals surface area contributed by atoms with E-state index < -0.39 is 0 Å². The van der Waals surface area contributed by atoms with Crippen molar-refractivity contribution in [3.8, 4) is 0 Å². The molecule has 0 fully saturated rings. The summed E-state index contributed by atoms with van der Waals surface area (Å²) < 4.78 is 5.22. The Balaban J connectivity index is 2.64. The molecule has 0 aliphatic carbocycles. The van der Waals surface area contributed by atoms with Gasteiger partial charge in [0.05, 0.1) is 18.8 Å². The van der Waals surface area contributed by atoms with Crippen LogP contribution in [0.2, 0.25) is 0 Å². The molecule has 0 radical (unpaired) electrons. The largest absolute Gasteiger partial charge is 0.394 e. The van der Waals surface area contributed by atoms with Crippen LogP contribution in [-0.4, -0.2) is 30.9 Å². The maximum Gasteiger partial charge on any atom is 0.319 e. The number of nitrogens with one attached hydrogen (secondary N) is 2. The molecular formula is C13H20N2O3. The fourth-order valence-electron chi connectivity index (χ4n) is 1.44. The van der Waals surface area contributed by atoms with E-state index in [0.29, 0.717) is 5.69 Å². The number of rotatable bonds is 5. The summed E-state index contributed by atoms with van der Waals surface area (Å²) in [5, 5.41) is 14.2. The summed E-state index contributed by atoms with van der Waals surface area (Å²) in [7, 11) is 1.64. The molecule has 3 N–H and O–H groups in total. The molecule has 100 valence electrons. The second-order valence-corrected chi connectivity index (χ2v) is 4.19. The molecule has 2 amide bonds. The van der Waals surface area contributed by atoms with Gasteiger partial charge in [-0.15, -0.1) is 0 Å². The topological polar surface area (TPSA) is 70.6 Å². The molecule has 2 atom stereocenters. The van der Waals surface area contributed by atoms with Crippen molar-refractivity contribution < 1.29 is 14.6 Å². The van der Waals surface area contributed by atoms with Crippen molar-refractivity contribution in [1.29, 1.82) is 0 Å². The summed E-state index contributed by atoms with van der Waals surface area (Å²) in [6.45, 7) is 3.57. The Kier molecular flexibility index (Phi) is 5.61. The zero-order valence-corrected chi connectivity index (χ0v) is 10.9. The number of hydrogen-bond acceptors (Lipinski definition) is 3. The first-order chi connectivity index (χ1) is 8.56. The van der Waals surface area contributed by atoms with Gasteiger partial charge < -0.3 is 20.5 Å². The summed E-state index contributed by atoms with van der Waals surface area (Å²) in [6.07, 6.45) is -0.0221. The van der Waals surface area contributed by atoms with Crippen LogP contribution in [0.5, 0.6) is 0 Å². The van der Waals surface area contributed by atoms with Crippen molar-refractivity contribution in [2.24, 2.45) is 0 Å². The Morgan fingerprint density at radius 2 is 2.17 bits per heavy atom. The van der Waals surface area contributed by atoms with E-state index in [0.717, 1.165) is 5.56 Å². The van der Waals surface area contributed by atoms with Crippen molar-refractivity contribution in [2.45, 2.75) is 26.0 Å². The third-order valence-electron chi connectivity index (χ3n) is 2.62. The Hall–Kier alpha value is -1.59. The Morgan fingerprint density at radius 1 is 1.44 bits per heavy atom. The molecule has 0 saturated heterocycles. The normalized spacial score (nSPS) is 13.8. The van der Waals surface area contributed by atoms with Crippen LogP contribution in [0.3, 0.4) is 0 Å². The molecular weight excluding hydrogens is 232 g/mol. The van der Waals surface area contributed by atoms with Gasteiger partial charge in [0, 0.05) is 12.8 Å². The third kappa shape index (κ3) is 4.35. The summed E-state index contributed by atoms with van der Waals surface area (Å²) in [4.78, 5) is 11.6. The van der Waals surface area contributed by atoms with Gasteiger partial charge in [0.1, 0.15) is 0 Å². The van der Waals surface area contributed by atoms with Crippen molar-refractivity contribution >= 4 is 11.7 Å². The van der Waals surface area contributed by atoms with Crippen LogP contribution in [0, 0.1) is 0 Å². The number of ether oxygens (including phenoxy) is 1. The first kappa shape index (κ1) is 14.5. The van der Waals surface area contributed by atoms with Gasteiger partial charge in [-0.3, -0.25) is 0 Å². The lowest BCUT2D eigenvalue weighted by molar-refractivity contribution is 0.119. The molecule has 0 bridgehead atoms. The van der Waals surface area contributed by atoms with Gasteiger partial charge in [-0.1, -0.05) is 12.1 Å². The molecule has 0 heterocycles. The van der Waals surface area contributed by atoms with E-state index in [1.54, 1.807) is 20.1 Å². The lowest BCUT2D eigenvalue weighted by Crippen LogP contribution is -2.38. The summed E-state index contributed by atoms with van der Waals surface area (Å²) >= 11 is 0. The number of anilines is 1. The number of hydrogen-bond donors (Lipinski definition) is 3. The minimum absolute atomic E-state index is 0.0221. The Bertz CT molecular complexity index is 396. The van der Waals surface area contributed by atoms with Gasteiger partial charge in [-0.2, -0.15) is 0 Å². The van der Waals surface area contributed by atoms with Crippen LogP contribution in [-0.2, 0) is 4.74 Å². The minimum Gasteiger partial charge on any atom is -0.394 e. The first-order valence-electron chi connectivity index (χ1n) is 5.88. The van der Waals surface area contributed by atoms with Crippen LogP contribution < -0.4 is 10.6 Å². The Morgan fingerprint density at radius 3 is 2.78 bits per heavy atom. The van der Waals surface area contributed by atoms with Gasteiger partial charge in [-0.05, 0) is 31.5 Å². The van der Waals surface area contributed by atoms with E-state index in [2.05, 4.69) is 10.6 Å². The van der Waals surface area contributed by atoms with Crippen LogP contribution in [0.1, 0.15) is 25.5 Å². The van der Waals surface area contributed by atoms with E-state index in [9.17, 15) is 4.79 Å². The van der Waals surface area contributed by atoms with Crippen LogP contribution in [0.25, 0.3) is 0 Å². The SMILES string of the molecule is COC(C)c1cccc(NC(=O)N[C@@H](C)CO)c1. The molecule has 1 aromatic rings. The highest BCUT2D eigenvalue weighted by Gasteiger charge is 2.08. The van der Waals surface area contributed by atoms with Gasteiger partial charge in [0.2, 0.25) is 0 Å². The number of benzene rings is 1. The average Bonchev–Trinajstić information content (AvgIpc) is 2.37. The van der Waals surface area contributed by atoms with E-state index in [-0.39, 0.29) is 24.8 Å². The van der Waals surface area contributed by atoms with Crippen molar-refractivity contribution in [3.63, 3.8) is 0 Å². The molecule has 0 aromatic heterocycles. The van der Waals surface area contributed by atoms with E-state index in [1.165, 1.54) is 0 Å². The highest BCUT2D eigenvalue weighted by molar-refractivity contribution is 5.89. The lowest BCUT2D eigenvalue weighted by atomic mass is 10.1. The van der Waals surface area contributed by atoms with Crippen molar-refractivity contribution in [3.05, 3.63) is 29.8 Å². The quantitative estimate of drug-likeness (QED) is 0.749. The number of amides is 2. The van der Waals surface area contributed by atoms with Crippen LogP contribution >= 0.6 is 0 Å². The number of aliphatic hydroxyl groups excluding tert-OH is 1. The molecule has 0 saturated carbocycles. The highest BCUT2D eigenvalue weighted by atomic mass is 16.5. The van der Waals surface area contributed by atoms with Gasteiger partial charge in [0.15, 0.2) is 0 Å². The predicted octanol–water partition coefficient (Wildman–Crippen LogP) is 1.90. The molecule has 1 aromatic carbocycles. The van der Waals surface area contributed by atoms with Crippen molar-refractivity contribution in [2.75, 3.05) is 19.0 Å². The molecule has 5 nitrogen and oxygen atoms in total. The predicted molar refractivity (Wildman–Crippen MR) is 70.6 cm³/mol. The number of carbonyl (C=O) groups is 1. The molecule has 18 heavy (non-hydrogen) atoms. The van der Waals surface area contributed by atoms with E-state index in [1.807, 2.05) is 25.1 Å². The van der Waals surface area contributed by atoms with Crippen LogP contribution in [0.4, 0.5) is 10.5 Å². The monoisotopic (exact) mass is 252 g/mol. The third-order valence-corrected chi connectivity index (χ3v) is 2.62. The number of methoxy groups -OCH3 is 1. The number of urea groups is 1. The summed E-state index contributed by atoms with van der Waals surface area (Å²) in [6, 6.07) is 6.85.